The summed E-state index contributed by atoms with van der Waals surface area (Å²) in [6.07, 6.45) is 5.00. The standard InChI is InChI=1S/C15H23N5/c1-11-6-7-12-13(17-11)20(14(16)18-12)10-15(19(2)3)8-4-5-9-15/h6-7H,4-5,8-10H2,1-3H3,(H2,16,18). The molecular formula is C15H23N5. The first-order valence-corrected chi connectivity index (χ1v) is 7.29. The molecule has 108 valence electrons. The van der Waals surface area contributed by atoms with E-state index in [1.165, 1.54) is 25.7 Å². The van der Waals surface area contributed by atoms with Crippen molar-refractivity contribution in [3.05, 3.63) is 17.8 Å². The molecule has 20 heavy (non-hydrogen) atoms. The van der Waals surface area contributed by atoms with Crippen LogP contribution in [0.2, 0.25) is 0 Å². The van der Waals surface area contributed by atoms with Crippen molar-refractivity contribution in [2.45, 2.75) is 44.7 Å². The summed E-state index contributed by atoms with van der Waals surface area (Å²) in [4.78, 5) is 11.4. The van der Waals surface area contributed by atoms with Gasteiger partial charge in [-0.25, -0.2) is 9.97 Å². The molecule has 0 unspecified atom stereocenters. The molecule has 0 bridgehead atoms. The maximum absolute atomic E-state index is 6.13. The molecule has 2 N–H and O–H groups in total. The third-order valence-corrected chi connectivity index (χ3v) is 4.70. The number of nitrogens with two attached hydrogens (primary N) is 1. The van der Waals surface area contributed by atoms with Gasteiger partial charge in [-0.05, 0) is 46.0 Å². The Morgan fingerprint density at radius 1 is 1.25 bits per heavy atom. The van der Waals surface area contributed by atoms with Crippen LogP contribution >= 0.6 is 0 Å². The maximum atomic E-state index is 6.13. The van der Waals surface area contributed by atoms with Crippen molar-refractivity contribution >= 4 is 17.1 Å². The van der Waals surface area contributed by atoms with Crippen LogP contribution in [0.4, 0.5) is 5.95 Å². The Kier molecular flexibility index (Phi) is 3.17. The summed E-state index contributed by atoms with van der Waals surface area (Å²) in [5.41, 5.74) is 9.13. The Bertz CT molecular complexity index is 622. The molecule has 2 aromatic heterocycles. The predicted molar refractivity (Wildman–Crippen MR) is 81.6 cm³/mol. The number of hydrogen-bond acceptors (Lipinski definition) is 4. The van der Waals surface area contributed by atoms with Crippen LogP contribution in [0.1, 0.15) is 31.4 Å². The van der Waals surface area contributed by atoms with Crippen molar-refractivity contribution < 1.29 is 0 Å². The molecule has 1 saturated carbocycles. The topological polar surface area (TPSA) is 60.0 Å². The number of pyridine rings is 1. The summed E-state index contributed by atoms with van der Waals surface area (Å²) in [6, 6.07) is 3.98. The van der Waals surface area contributed by atoms with Crippen molar-refractivity contribution in [2.75, 3.05) is 19.8 Å². The second-order valence-electron chi connectivity index (χ2n) is 6.18. The van der Waals surface area contributed by atoms with E-state index in [4.69, 9.17) is 5.73 Å². The zero-order valence-electron chi connectivity index (χ0n) is 12.6. The van der Waals surface area contributed by atoms with Crippen molar-refractivity contribution in [1.29, 1.82) is 0 Å². The predicted octanol–water partition coefficient (Wildman–Crippen LogP) is 2.20. The lowest BCUT2D eigenvalue weighted by molar-refractivity contribution is 0.136. The van der Waals surface area contributed by atoms with Gasteiger partial charge in [0.25, 0.3) is 0 Å². The molecule has 0 aromatic carbocycles. The van der Waals surface area contributed by atoms with Crippen LogP contribution in [-0.2, 0) is 6.54 Å². The normalized spacial score (nSPS) is 18.2. The molecule has 1 aliphatic rings. The van der Waals surface area contributed by atoms with Gasteiger partial charge >= 0.3 is 0 Å². The average molecular weight is 273 g/mol. The number of imidazole rings is 1. The minimum atomic E-state index is 0.188. The Hall–Kier alpha value is -1.62. The Morgan fingerprint density at radius 3 is 2.60 bits per heavy atom. The zero-order chi connectivity index (χ0) is 14.3. The number of aryl methyl sites for hydroxylation is 1. The van der Waals surface area contributed by atoms with Crippen molar-refractivity contribution in [1.82, 2.24) is 19.4 Å². The van der Waals surface area contributed by atoms with Gasteiger partial charge in [0.1, 0.15) is 5.52 Å². The van der Waals surface area contributed by atoms with Gasteiger partial charge in [-0.1, -0.05) is 12.8 Å². The second kappa shape index (κ2) is 4.74. The fourth-order valence-electron chi connectivity index (χ4n) is 3.34. The number of aromatic nitrogens is 3. The lowest BCUT2D eigenvalue weighted by atomic mass is 9.96. The van der Waals surface area contributed by atoms with Crippen LogP contribution < -0.4 is 5.73 Å². The number of rotatable bonds is 3. The maximum Gasteiger partial charge on any atom is 0.202 e. The average Bonchev–Trinajstić information content (AvgIpc) is 2.98. The minimum absolute atomic E-state index is 0.188. The van der Waals surface area contributed by atoms with Crippen LogP contribution in [0.3, 0.4) is 0 Å². The number of nitrogen functional groups attached to an aromatic ring is 1. The molecule has 3 rings (SSSR count). The number of anilines is 1. The highest BCUT2D eigenvalue weighted by molar-refractivity contribution is 5.74. The molecule has 2 aromatic rings. The van der Waals surface area contributed by atoms with E-state index in [1.807, 2.05) is 19.1 Å². The summed E-state index contributed by atoms with van der Waals surface area (Å²) in [5, 5.41) is 0. The quantitative estimate of drug-likeness (QED) is 0.931. The minimum Gasteiger partial charge on any atom is -0.369 e. The van der Waals surface area contributed by atoms with E-state index in [-0.39, 0.29) is 5.54 Å². The van der Waals surface area contributed by atoms with Crippen LogP contribution in [0.5, 0.6) is 0 Å². The first-order chi connectivity index (χ1) is 9.52. The van der Waals surface area contributed by atoms with Gasteiger partial charge in [-0.2, -0.15) is 0 Å². The van der Waals surface area contributed by atoms with Gasteiger partial charge in [0.2, 0.25) is 5.95 Å². The SMILES string of the molecule is Cc1ccc2nc(N)n(CC3(N(C)C)CCCC3)c2n1. The highest BCUT2D eigenvalue weighted by Gasteiger charge is 2.37. The van der Waals surface area contributed by atoms with Crippen molar-refractivity contribution in [3.63, 3.8) is 0 Å². The van der Waals surface area contributed by atoms with E-state index >= 15 is 0 Å². The number of likely N-dealkylation sites (N-methyl/N-ethyl adjacent to an activating group) is 1. The summed E-state index contributed by atoms with van der Waals surface area (Å²) < 4.78 is 2.09. The summed E-state index contributed by atoms with van der Waals surface area (Å²) >= 11 is 0. The second-order valence-corrected chi connectivity index (χ2v) is 6.18. The van der Waals surface area contributed by atoms with E-state index in [0.717, 1.165) is 23.4 Å². The van der Waals surface area contributed by atoms with E-state index in [0.29, 0.717) is 5.95 Å². The van der Waals surface area contributed by atoms with Gasteiger partial charge in [-0.3, -0.25) is 4.57 Å². The highest BCUT2D eigenvalue weighted by atomic mass is 15.2. The molecular weight excluding hydrogens is 250 g/mol. The molecule has 5 nitrogen and oxygen atoms in total. The molecule has 0 radical (unpaired) electrons. The van der Waals surface area contributed by atoms with E-state index < -0.39 is 0 Å². The zero-order valence-corrected chi connectivity index (χ0v) is 12.6. The first kappa shape index (κ1) is 13.4. The lowest BCUT2D eigenvalue weighted by Gasteiger charge is -2.36. The molecule has 1 fully saturated rings. The molecule has 1 aliphatic carbocycles. The first-order valence-electron chi connectivity index (χ1n) is 7.29. The number of hydrogen-bond donors (Lipinski definition) is 1. The van der Waals surface area contributed by atoms with Gasteiger partial charge in [-0.15, -0.1) is 0 Å². The van der Waals surface area contributed by atoms with Crippen LogP contribution in [0, 0.1) is 6.92 Å². The van der Waals surface area contributed by atoms with Crippen LogP contribution in [-0.4, -0.2) is 39.1 Å². The molecule has 0 saturated heterocycles. The lowest BCUT2D eigenvalue weighted by Crippen LogP contribution is -2.45. The van der Waals surface area contributed by atoms with E-state index in [1.54, 1.807) is 0 Å². The monoisotopic (exact) mass is 273 g/mol. The van der Waals surface area contributed by atoms with Crippen LogP contribution in [0.15, 0.2) is 12.1 Å². The van der Waals surface area contributed by atoms with Gasteiger partial charge in [0.15, 0.2) is 5.65 Å². The third-order valence-electron chi connectivity index (χ3n) is 4.70. The fourth-order valence-corrected chi connectivity index (χ4v) is 3.34. The van der Waals surface area contributed by atoms with E-state index in [9.17, 15) is 0 Å². The summed E-state index contributed by atoms with van der Waals surface area (Å²) in [6.45, 7) is 2.88. The Morgan fingerprint density at radius 2 is 1.95 bits per heavy atom. The van der Waals surface area contributed by atoms with Crippen molar-refractivity contribution in [2.24, 2.45) is 0 Å². The number of fused-ring (bicyclic) bond motifs is 1. The molecule has 5 heteroatoms. The fraction of sp³-hybridized carbons (Fsp3) is 0.600. The molecule has 0 spiro atoms. The van der Waals surface area contributed by atoms with Gasteiger partial charge < -0.3 is 10.6 Å². The smallest absolute Gasteiger partial charge is 0.202 e. The Labute approximate surface area is 119 Å². The van der Waals surface area contributed by atoms with Gasteiger partial charge in [0, 0.05) is 17.8 Å². The third kappa shape index (κ3) is 2.06. The molecule has 0 atom stereocenters. The molecule has 0 aliphatic heterocycles. The molecule has 0 amide bonds. The van der Waals surface area contributed by atoms with Crippen molar-refractivity contribution in [3.8, 4) is 0 Å². The van der Waals surface area contributed by atoms with Crippen LogP contribution in [0.25, 0.3) is 11.2 Å². The van der Waals surface area contributed by atoms with Gasteiger partial charge in [0.05, 0.1) is 0 Å². The summed E-state index contributed by atoms with van der Waals surface area (Å²) in [5.74, 6) is 0.575. The largest absolute Gasteiger partial charge is 0.369 e. The summed E-state index contributed by atoms with van der Waals surface area (Å²) in [7, 11) is 4.33. The highest BCUT2D eigenvalue weighted by Crippen LogP contribution is 2.36. The van der Waals surface area contributed by atoms with E-state index in [2.05, 4.69) is 33.5 Å². The number of nitrogens with zero attached hydrogens (tertiary/aromatic N) is 4. The Balaban J connectivity index is 2.05. The molecule has 2 heterocycles.